The maximum absolute atomic E-state index is 12.4. The van der Waals surface area contributed by atoms with E-state index in [-0.39, 0.29) is 11.3 Å². The second-order valence-corrected chi connectivity index (χ2v) is 4.05. The van der Waals surface area contributed by atoms with Gasteiger partial charge in [0.2, 0.25) is 0 Å². The summed E-state index contributed by atoms with van der Waals surface area (Å²) >= 11 is 11.2. The van der Waals surface area contributed by atoms with Gasteiger partial charge in [0.1, 0.15) is 5.38 Å². The van der Waals surface area contributed by atoms with Gasteiger partial charge in [-0.3, -0.25) is 4.79 Å². The predicted octanol–water partition coefficient (Wildman–Crippen LogP) is 4.23. The summed E-state index contributed by atoms with van der Waals surface area (Å²) in [4.78, 5) is 10.9. The zero-order valence-corrected chi connectivity index (χ0v) is 9.62. The van der Waals surface area contributed by atoms with Crippen LogP contribution >= 0.6 is 23.2 Å². The van der Waals surface area contributed by atoms with Crippen LogP contribution in [-0.2, 0) is 11.0 Å². The summed E-state index contributed by atoms with van der Waals surface area (Å²) in [6.07, 6.45) is -4.51. The maximum atomic E-state index is 12.4. The van der Waals surface area contributed by atoms with Gasteiger partial charge in [-0.05, 0) is 24.6 Å². The minimum atomic E-state index is -4.51. The summed E-state index contributed by atoms with van der Waals surface area (Å²) in [6.45, 7) is 1.25. The van der Waals surface area contributed by atoms with Gasteiger partial charge in [0.25, 0.3) is 0 Å². The number of carbonyl (C=O) groups is 1. The smallest absolute Gasteiger partial charge is 0.298 e. The van der Waals surface area contributed by atoms with E-state index in [0.717, 1.165) is 18.2 Å². The van der Waals surface area contributed by atoms with Crippen LogP contribution in [0.5, 0.6) is 0 Å². The highest BCUT2D eigenvalue weighted by atomic mass is 35.5. The third kappa shape index (κ3) is 2.89. The Morgan fingerprint density at radius 2 is 1.94 bits per heavy atom. The van der Waals surface area contributed by atoms with E-state index in [9.17, 15) is 18.0 Å². The molecule has 0 N–H and O–H groups in total. The molecule has 1 unspecified atom stereocenters. The number of ketones is 1. The van der Waals surface area contributed by atoms with Crippen LogP contribution in [0, 0.1) is 0 Å². The van der Waals surface area contributed by atoms with E-state index in [2.05, 4.69) is 0 Å². The van der Waals surface area contributed by atoms with Crippen LogP contribution in [0.1, 0.15) is 23.4 Å². The molecule has 1 rings (SSSR count). The highest BCUT2D eigenvalue weighted by Gasteiger charge is 2.33. The van der Waals surface area contributed by atoms with Crippen molar-refractivity contribution in [3.63, 3.8) is 0 Å². The highest BCUT2D eigenvalue weighted by Crippen LogP contribution is 2.36. The second-order valence-electron chi connectivity index (χ2n) is 3.21. The molecule has 0 radical (unpaired) electrons. The number of hydrogen-bond acceptors (Lipinski definition) is 1. The van der Waals surface area contributed by atoms with Gasteiger partial charge >= 0.3 is 6.18 Å². The van der Waals surface area contributed by atoms with Crippen LogP contribution < -0.4 is 0 Å². The summed E-state index contributed by atoms with van der Waals surface area (Å²) in [6, 6.07) is 3.02. The first-order chi connectivity index (χ1) is 7.23. The number of benzene rings is 1. The second kappa shape index (κ2) is 4.63. The van der Waals surface area contributed by atoms with Crippen molar-refractivity contribution < 1.29 is 18.0 Å². The van der Waals surface area contributed by atoms with Crippen molar-refractivity contribution >= 4 is 29.0 Å². The zero-order chi connectivity index (χ0) is 12.5. The van der Waals surface area contributed by atoms with E-state index in [1.807, 2.05) is 0 Å². The molecule has 0 heterocycles. The molecule has 0 aliphatic carbocycles. The lowest BCUT2D eigenvalue weighted by Gasteiger charge is -2.11. The fourth-order valence-corrected chi connectivity index (χ4v) is 1.59. The molecule has 6 heteroatoms. The number of halogens is 5. The molecule has 0 fully saturated rings. The molecular weight excluding hydrogens is 264 g/mol. The van der Waals surface area contributed by atoms with Gasteiger partial charge in [-0.1, -0.05) is 17.7 Å². The summed E-state index contributed by atoms with van der Waals surface area (Å²) in [5.74, 6) is -0.350. The van der Waals surface area contributed by atoms with Gasteiger partial charge in [-0.2, -0.15) is 13.2 Å². The van der Waals surface area contributed by atoms with Crippen molar-refractivity contribution in [3.05, 3.63) is 34.3 Å². The van der Waals surface area contributed by atoms with Crippen molar-refractivity contribution in [3.8, 4) is 0 Å². The van der Waals surface area contributed by atoms with E-state index in [1.54, 1.807) is 0 Å². The number of alkyl halides is 4. The summed E-state index contributed by atoms with van der Waals surface area (Å²) < 4.78 is 37.1. The van der Waals surface area contributed by atoms with Gasteiger partial charge in [0.05, 0.1) is 10.6 Å². The van der Waals surface area contributed by atoms with Crippen LogP contribution in [0.2, 0.25) is 5.02 Å². The Kier molecular flexibility index (Phi) is 3.86. The topological polar surface area (TPSA) is 17.1 Å². The quantitative estimate of drug-likeness (QED) is 0.736. The molecule has 1 aromatic rings. The summed E-state index contributed by atoms with van der Waals surface area (Å²) in [5.41, 5.74) is -0.683. The van der Waals surface area contributed by atoms with E-state index in [0.29, 0.717) is 0 Å². The van der Waals surface area contributed by atoms with Gasteiger partial charge in [-0.15, -0.1) is 11.6 Å². The molecule has 0 aromatic heterocycles. The zero-order valence-electron chi connectivity index (χ0n) is 8.11. The predicted molar refractivity (Wildman–Crippen MR) is 55.7 cm³/mol. The van der Waals surface area contributed by atoms with Crippen LogP contribution in [0.25, 0.3) is 0 Å². The van der Waals surface area contributed by atoms with Crippen LogP contribution in [0.3, 0.4) is 0 Å². The fraction of sp³-hybridized carbons (Fsp3) is 0.300. The monoisotopic (exact) mass is 270 g/mol. The normalized spacial score (nSPS) is 13.6. The third-order valence-corrected chi connectivity index (χ3v) is 2.82. The van der Waals surface area contributed by atoms with Crippen LogP contribution in [-0.4, -0.2) is 5.78 Å². The Bertz CT molecular complexity index is 415. The molecule has 0 aliphatic rings. The first kappa shape index (κ1) is 13.3. The van der Waals surface area contributed by atoms with E-state index in [1.165, 1.54) is 6.92 Å². The Morgan fingerprint density at radius 1 is 1.38 bits per heavy atom. The van der Waals surface area contributed by atoms with Gasteiger partial charge in [0, 0.05) is 0 Å². The van der Waals surface area contributed by atoms with Crippen molar-refractivity contribution in [2.75, 3.05) is 0 Å². The van der Waals surface area contributed by atoms with Gasteiger partial charge in [0.15, 0.2) is 5.78 Å². The molecule has 16 heavy (non-hydrogen) atoms. The average molecular weight is 271 g/mol. The van der Waals surface area contributed by atoms with Gasteiger partial charge in [-0.25, -0.2) is 0 Å². The minimum absolute atomic E-state index is 0.257. The van der Waals surface area contributed by atoms with Crippen molar-refractivity contribution in [1.82, 2.24) is 0 Å². The third-order valence-electron chi connectivity index (χ3n) is 1.95. The molecular formula is C10H7Cl2F3O. The van der Waals surface area contributed by atoms with E-state index in [4.69, 9.17) is 23.2 Å². The molecule has 1 aromatic carbocycles. The molecule has 0 bridgehead atoms. The Hall–Kier alpha value is -0.740. The summed E-state index contributed by atoms with van der Waals surface area (Å²) in [5, 5.41) is -1.43. The number of hydrogen-bond donors (Lipinski definition) is 0. The first-order valence-corrected chi connectivity index (χ1v) is 5.06. The molecule has 0 saturated carbocycles. The number of rotatable bonds is 2. The molecule has 0 aliphatic heterocycles. The van der Waals surface area contributed by atoms with Crippen LogP contribution in [0.15, 0.2) is 18.2 Å². The molecule has 1 nitrogen and oxygen atoms in total. The van der Waals surface area contributed by atoms with E-state index >= 15 is 0 Å². The lowest BCUT2D eigenvalue weighted by atomic mass is 10.1. The number of carbonyl (C=O) groups excluding carboxylic acids is 1. The highest BCUT2D eigenvalue weighted by molar-refractivity contribution is 6.33. The lowest BCUT2D eigenvalue weighted by molar-refractivity contribution is -0.137. The van der Waals surface area contributed by atoms with Crippen LogP contribution in [0.4, 0.5) is 13.2 Å². The molecule has 0 amide bonds. The molecule has 88 valence electrons. The molecule has 0 saturated heterocycles. The SMILES string of the molecule is CC(=O)C(Cl)c1ccc(C(F)(F)F)c(Cl)c1. The fourth-order valence-electron chi connectivity index (χ4n) is 1.15. The average Bonchev–Trinajstić information content (AvgIpc) is 2.14. The van der Waals surface area contributed by atoms with Crippen molar-refractivity contribution in [2.45, 2.75) is 18.5 Å². The largest absolute Gasteiger partial charge is 0.417 e. The summed E-state index contributed by atoms with van der Waals surface area (Å²) in [7, 11) is 0. The standard InChI is InChI=1S/C10H7Cl2F3O/c1-5(16)9(12)6-2-3-7(8(11)4-6)10(13,14)15/h2-4,9H,1H3. The molecule has 1 atom stereocenters. The first-order valence-electron chi connectivity index (χ1n) is 4.24. The Labute approximate surface area is 100 Å². The van der Waals surface area contributed by atoms with Gasteiger partial charge < -0.3 is 0 Å². The lowest BCUT2D eigenvalue weighted by Crippen LogP contribution is -2.07. The Morgan fingerprint density at radius 3 is 2.31 bits per heavy atom. The molecule has 0 spiro atoms. The maximum Gasteiger partial charge on any atom is 0.417 e. The van der Waals surface area contributed by atoms with Crippen molar-refractivity contribution in [1.29, 1.82) is 0 Å². The number of Topliss-reactive ketones (excluding diaryl/α,β-unsaturated/α-hetero) is 1. The van der Waals surface area contributed by atoms with Crippen molar-refractivity contribution in [2.24, 2.45) is 0 Å². The van der Waals surface area contributed by atoms with E-state index < -0.39 is 22.1 Å². The minimum Gasteiger partial charge on any atom is -0.298 e. The Balaban J connectivity index is 3.14.